The van der Waals surface area contributed by atoms with E-state index in [2.05, 4.69) is 20.3 Å². The van der Waals surface area contributed by atoms with Crippen molar-refractivity contribution >= 4 is 17.5 Å². The van der Waals surface area contributed by atoms with Crippen LogP contribution in [0.15, 0.2) is 36.8 Å². The Kier molecular flexibility index (Phi) is 2.22. The zero-order valence-electron chi connectivity index (χ0n) is 7.38. The molecule has 0 bridgehead atoms. The molecule has 5 nitrogen and oxygen atoms in total. The van der Waals surface area contributed by atoms with Crippen molar-refractivity contribution in [2.75, 3.05) is 11.1 Å². The molecule has 0 saturated carbocycles. The SMILES string of the molecule is Nc1nccnc1Nc1ccccn1. The topological polar surface area (TPSA) is 76.7 Å². The van der Waals surface area contributed by atoms with Crippen LogP contribution in [-0.4, -0.2) is 15.0 Å². The number of nitrogens with two attached hydrogens (primary N) is 1. The second-order valence-electron chi connectivity index (χ2n) is 2.63. The molecule has 0 aliphatic heterocycles. The van der Waals surface area contributed by atoms with Crippen molar-refractivity contribution in [3.8, 4) is 0 Å². The monoisotopic (exact) mass is 187 g/mol. The standard InChI is InChI=1S/C9H9N5/c10-8-9(13-6-5-12-8)14-7-3-1-2-4-11-7/h1-6H,(H2,10,12)(H,11,13,14). The van der Waals surface area contributed by atoms with Crippen molar-refractivity contribution in [1.82, 2.24) is 15.0 Å². The van der Waals surface area contributed by atoms with E-state index in [1.54, 1.807) is 18.6 Å². The zero-order chi connectivity index (χ0) is 9.80. The van der Waals surface area contributed by atoms with Gasteiger partial charge in [0.2, 0.25) is 0 Å². The minimum atomic E-state index is 0.359. The van der Waals surface area contributed by atoms with Crippen molar-refractivity contribution < 1.29 is 0 Å². The molecule has 0 spiro atoms. The molecular formula is C9H9N5. The number of aromatic nitrogens is 3. The molecule has 0 radical (unpaired) electrons. The fraction of sp³-hybridized carbons (Fsp3) is 0. The predicted molar refractivity (Wildman–Crippen MR) is 54.0 cm³/mol. The smallest absolute Gasteiger partial charge is 0.174 e. The number of nitrogens with zero attached hydrogens (tertiary/aromatic N) is 3. The Balaban J connectivity index is 2.24. The van der Waals surface area contributed by atoms with Crippen molar-refractivity contribution in [2.45, 2.75) is 0 Å². The normalized spacial score (nSPS) is 9.71. The van der Waals surface area contributed by atoms with Gasteiger partial charge in [-0.3, -0.25) is 0 Å². The van der Waals surface area contributed by atoms with Crippen molar-refractivity contribution in [2.24, 2.45) is 0 Å². The highest BCUT2D eigenvalue weighted by molar-refractivity contribution is 5.62. The van der Waals surface area contributed by atoms with E-state index in [4.69, 9.17) is 5.73 Å². The Morgan fingerprint density at radius 2 is 1.86 bits per heavy atom. The predicted octanol–water partition coefficient (Wildman–Crippen LogP) is 1.20. The van der Waals surface area contributed by atoms with E-state index in [0.29, 0.717) is 17.5 Å². The first-order valence-corrected chi connectivity index (χ1v) is 4.11. The quantitative estimate of drug-likeness (QED) is 0.738. The van der Waals surface area contributed by atoms with Gasteiger partial charge < -0.3 is 11.1 Å². The van der Waals surface area contributed by atoms with Crippen LogP contribution in [0.2, 0.25) is 0 Å². The molecule has 70 valence electrons. The summed E-state index contributed by atoms with van der Waals surface area (Å²) < 4.78 is 0. The second-order valence-corrected chi connectivity index (χ2v) is 2.63. The number of hydrogen-bond acceptors (Lipinski definition) is 5. The van der Waals surface area contributed by atoms with Crippen LogP contribution in [-0.2, 0) is 0 Å². The van der Waals surface area contributed by atoms with Gasteiger partial charge in [-0.25, -0.2) is 15.0 Å². The Morgan fingerprint density at radius 1 is 1.00 bits per heavy atom. The number of pyridine rings is 1. The summed E-state index contributed by atoms with van der Waals surface area (Å²) >= 11 is 0. The molecule has 3 N–H and O–H groups in total. The van der Waals surface area contributed by atoms with E-state index in [-0.39, 0.29) is 0 Å². The maximum Gasteiger partial charge on any atom is 0.174 e. The van der Waals surface area contributed by atoms with Gasteiger partial charge >= 0.3 is 0 Å². The maximum absolute atomic E-state index is 5.60. The average molecular weight is 187 g/mol. The van der Waals surface area contributed by atoms with Gasteiger partial charge in [-0.05, 0) is 12.1 Å². The maximum atomic E-state index is 5.60. The molecule has 2 aromatic heterocycles. The van der Waals surface area contributed by atoms with Crippen LogP contribution in [0.25, 0.3) is 0 Å². The molecule has 0 unspecified atom stereocenters. The number of anilines is 3. The summed E-state index contributed by atoms with van der Waals surface area (Å²) in [5, 5.41) is 2.96. The number of nitrogens with one attached hydrogen (secondary N) is 1. The van der Waals surface area contributed by atoms with E-state index in [1.807, 2.05) is 18.2 Å². The first kappa shape index (κ1) is 8.43. The molecule has 0 fully saturated rings. The zero-order valence-corrected chi connectivity index (χ0v) is 7.38. The number of rotatable bonds is 2. The van der Waals surface area contributed by atoms with Gasteiger partial charge in [-0.1, -0.05) is 6.07 Å². The lowest BCUT2D eigenvalue weighted by molar-refractivity contribution is 1.19. The lowest BCUT2D eigenvalue weighted by Gasteiger charge is -2.04. The van der Waals surface area contributed by atoms with Crippen LogP contribution >= 0.6 is 0 Å². The van der Waals surface area contributed by atoms with Crippen LogP contribution in [0.4, 0.5) is 17.5 Å². The van der Waals surface area contributed by atoms with Crippen molar-refractivity contribution in [3.05, 3.63) is 36.8 Å². The molecule has 2 heterocycles. The minimum Gasteiger partial charge on any atom is -0.381 e. The molecule has 0 aliphatic rings. The van der Waals surface area contributed by atoms with Crippen LogP contribution < -0.4 is 11.1 Å². The summed E-state index contributed by atoms with van der Waals surface area (Å²) in [7, 11) is 0. The average Bonchev–Trinajstić information content (AvgIpc) is 2.23. The van der Waals surface area contributed by atoms with E-state index < -0.39 is 0 Å². The summed E-state index contributed by atoms with van der Waals surface area (Å²) in [5.74, 6) is 1.57. The van der Waals surface area contributed by atoms with Gasteiger partial charge in [0, 0.05) is 18.6 Å². The van der Waals surface area contributed by atoms with Gasteiger partial charge in [0.15, 0.2) is 11.6 Å². The summed E-state index contributed by atoms with van der Waals surface area (Å²) in [6, 6.07) is 5.54. The summed E-state index contributed by atoms with van der Waals surface area (Å²) in [4.78, 5) is 12.0. The van der Waals surface area contributed by atoms with Gasteiger partial charge in [0.05, 0.1) is 0 Å². The highest BCUT2D eigenvalue weighted by atomic mass is 15.1. The Morgan fingerprint density at radius 3 is 2.57 bits per heavy atom. The molecule has 0 atom stereocenters. The number of nitrogen functional groups attached to an aromatic ring is 1. The van der Waals surface area contributed by atoms with E-state index >= 15 is 0 Å². The Labute approximate surface area is 81.0 Å². The summed E-state index contributed by atoms with van der Waals surface area (Å²) in [6.45, 7) is 0. The molecule has 2 aromatic rings. The van der Waals surface area contributed by atoms with Crippen LogP contribution in [0.3, 0.4) is 0 Å². The Hall–Kier alpha value is -2.17. The van der Waals surface area contributed by atoms with Gasteiger partial charge in [0.25, 0.3) is 0 Å². The highest BCUT2D eigenvalue weighted by Crippen LogP contribution is 2.14. The molecule has 5 heteroatoms. The van der Waals surface area contributed by atoms with E-state index in [1.165, 1.54) is 0 Å². The second kappa shape index (κ2) is 3.69. The first-order valence-electron chi connectivity index (χ1n) is 4.11. The van der Waals surface area contributed by atoms with Crippen molar-refractivity contribution in [1.29, 1.82) is 0 Å². The third-order valence-electron chi connectivity index (χ3n) is 1.64. The number of hydrogen-bond donors (Lipinski definition) is 2. The van der Waals surface area contributed by atoms with E-state index in [0.717, 1.165) is 0 Å². The molecule has 0 aromatic carbocycles. The first-order chi connectivity index (χ1) is 6.86. The van der Waals surface area contributed by atoms with Crippen LogP contribution in [0.5, 0.6) is 0 Å². The molecule has 0 saturated heterocycles. The fourth-order valence-corrected chi connectivity index (χ4v) is 1.00. The molecule has 0 amide bonds. The van der Waals surface area contributed by atoms with E-state index in [9.17, 15) is 0 Å². The van der Waals surface area contributed by atoms with Gasteiger partial charge in [-0.15, -0.1) is 0 Å². The third-order valence-corrected chi connectivity index (χ3v) is 1.64. The lowest BCUT2D eigenvalue weighted by Crippen LogP contribution is -2.01. The highest BCUT2D eigenvalue weighted by Gasteiger charge is 2.00. The Bertz CT molecular complexity index is 415. The largest absolute Gasteiger partial charge is 0.381 e. The molecule has 0 aliphatic carbocycles. The molecular weight excluding hydrogens is 178 g/mol. The van der Waals surface area contributed by atoms with Crippen molar-refractivity contribution in [3.63, 3.8) is 0 Å². The van der Waals surface area contributed by atoms with Crippen LogP contribution in [0.1, 0.15) is 0 Å². The van der Waals surface area contributed by atoms with Gasteiger partial charge in [-0.2, -0.15) is 0 Å². The van der Waals surface area contributed by atoms with Crippen LogP contribution in [0, 0.1) is 0 Å². The summed E-state index contributed by atoms with van der Waals surface area (Å²) in [5.41, 5.74) is 5.60. The fourth-order valence-electron chi connectivity index (χ4n) is 1.00. The lowest BCUT2D eigenvalue weighted by atomic mass is 10.4. The van der Waals surface area contributed by atoms with Gasteiger partial charge in [0.1, 0.15) is 5.82 Å². The minimum absolute atomic E-state index is 0.359. The molecule has 2 rings (SSSR count). The third kappa shape index (κ3) is 1.77. The molecule has 14 heavy (non-hydrogen) atoms. The summed E-state index contributed by atoms with van der Waals surface area (Å²) in [6.07, 6.45) is 4.80.